The van der Waals surface area contributed by atoms with E-state index in [2.05, 4.69) is 0 Å². The molecule has 2 N–H and O–H groups in total. The van der Waals surface area contributed by atoms with Crippen molar-refractivity contribution in [1.82, 2.24) is 0 Å². The Morgan fingerprint density at radius 3 is 2.24 bits per heavy atom. The Kier molecular flexibility index (Phi) is 5.23. The lowest BCUT2D eigenvalue weighted by Gasteiger charge is -2.37. The fourth-order valence-electron chi connectivity index (χ4n) is 2.37. The first kappa shape index (κ1) is 15.8. The quantitative estimate of drug-likeness (QED) is 0.886. The molecule has 0 aromatic heterocycles. The monoisotopic (exact) mass is 305 g/mol. The van der Waals surface area contributed by atoms with Gasteiger partial charge in [0.25, 0.3) is 0 Å². The first-order valence-corrected chi connectivity index (χ1v) is 7.21. The molecule has 0 radical (unpaired) electrons. The van der Waals surface area contributed by atoms with Crippen molar-refractivity contribution in [2.45, 2.75) is 18.6 Å². The maximum absolute atomic E-state index is 6.22. The van der Waals surface area contributed by atoms with Crippen LogP contribution in [0.4, 0.5) is 0 Å². The maximum Gasteiger partial charge on any atom is 0.158 e. The average molecular weight is 306 g/mol. The first-order chi connectivity index (χ1) is 10.1. The second kappa shape index (κ2) is 6.94. The van der Waals surface area contributed by atoms with Crippen LogP contribution in [0.2, 0.25) is 5.02 Å². The fraction of sp³-hybridized carbons (Fsp3) is 0.294. The third-order valence-corrected chi connectivity index (χ3v) is 3.86. The topological polar surface area (TPSA) is 44.5 Å². The normalized spacial score (nSPS) is 15.2. The van der Waals surface area contributed by atoms with Crippen LogP contribution in [0.5, 0.6) is 5.75 Å². The maximum atomic E-state index is 6.22. The summed E-state index contributed by atoms with van der Waals surface area (Å²) in [7, 11) is 1.64. The summed E-state index contributed by atoms with van der Waals surface area (Å²) in [5.74, 6) is 0.723. The summed E-state index contributed by atoms with van der Waals surface area (Å²) in [5, 5.41) is 0.672. The molecule has 0 fully saturated rings. The van der Waals surface area contributed by atoms with Crippen LogP contribution >= 0.6 is 11.6 Å². The number of benzene rings is 2. The second-order valence-corrected chi connectivity index (χ2v) is 5.43. The van der Waals surface area contributed by atoms with Crippen LogP contribution in [-0.2, 0) is 10.3 Å². The van der Waals surface area contributed by atoms with Crippen molar-refractivity contribution in [3.63, 3.8) is 0 Å². The van der Waals surface area contributed by atoms with Crippen LogP contribution in [0.3, 0.4) is 0 Å². The van der Waals surface area contributed by atoms with E-state index in [1.807, 2.05) is 49.4 Å². The minimum Gasteiger partial charge on any atom is -0.480 e. The minimum absolute atomic E-state index is 0.268. The number of halogens is 1. The van der Waals surface area contributed by atoms with Crippen molar-refractivity contribution in [3.8, 4) is 5.75 Å². The highest BCUT2D eigenvalue weighted by Crippen LogP contribution is 2.33. The Labute approximate surface area is 130 Å². The highest BCUT2D eigenvalue weighted by atomic mass is 35.5. The average Bonchev–Trinajstić information content (AvgIpc) is 2.52. The predicted molar refractivity (Wildman–Crippen MR) is 85.7 cm³/mol. The molecule has 3 nitrogen and oxygen atoms in total. The summed E-state index contributed by atoms with van der Waals surface area (Å²) in [4.78, 5) is 0. The number of methoxy groups -OCH3 is 1. The molecule has 0 heterocycles. The molecule has 0 aliphatic heterocycles. The molecule has 21 heavy (non-hydrogen) atoms. The van der Waals surface area contributed by atoms with Crippen LogP contribution < -0.4 is 10.5 Å². The summed E-state index contributed by atoms with van der Waals surface area (Å²) in [6.45, 7) is 2.34. The van der Waals surface area contributed by atoms with Crippen molar-refractivity contribution in [2.75, 3.05) is 13.7 Å². The number of rotatable bonds is 6. The van der Waals surface area contributed by atoms with Gasteiger partial charge in [-0.15, -0.1) is 0 Å². The van der Waals surface area contributed by atoms with Gasteiger partial charge in [-0.1, -0.05) is 41.9 Å². The molecular weight excluding hydrogens is 286 g/mol. The first-order valence-electron chi connectivity index (χ1n) is 6.83. The van der Waals surface area contributed by atoms with Crippen molar-refractivity contribution >= 4 is 11.6 Å². The van der Waals surface area contributed by atoms with E-state index in [0.717, 1.165) is 11.3 Å². The number of ether oxygens (including phenoxy) is 2. The third kappa shape index (κ3) is 3.56. The van der Waals surface area contributed by atoms with E-state index in [9.17, 15) is 0 Å². The van der Waals surface area contributed by atoms with Crippen LogP contribution in [0, 0.1) is 0 Å². The van der Waals surface area contributed by atoms with Crippen molar-refractivity contribution in [1.29, 1.82) is 0 Å². The van der Waals surface area contributed by atoms with Crippen molar-refractivity contribution in [2.24, 2.45) is 5.73 Å². The number of nitrogens with two attached hydrogens (primary N) is 1. The van der Waals surface area contributed by atoms with E-state index in [1.54, 1.807) is 19.2 Å². The molecule has 0 aliphatic carbocycles. The Hall–Kier alpha value is -1.55. The predicted octanol–water partition coefficient (Wildman–Crippen LogP) is 3.61. The summed E-state index contributed by atoms with van der Waals surface area (Å²) in [5.41, 5.74) is 6.19. The summed E-state index contributed by atoms with van der Waals surface area (Å²) >= 11 is 5.92. The van der Waals surface area contributed by atoms with Crippen molar-refractivity contribution < 1.29 is 9.47 Å². The van der Waals surface area contributed by atoms with E-state index >= 15 is 0 Å². The molecule has 2 unspecified atom stereocenters. The molecule has 0 saturated heterocycles. The van der Waals surface area contributed by atoms with Gasteiger partial charge in [0.05, 0.1) is 0 Å². The zero-order valence-corrected chi connectivity index (χ0v) is 13.0. The molecule has 112 valence electrons. The van der Waals surface area contributed by atoms with Gasteiger partial charge in [0.2, 0.25) is 0 Å². The Balaban J connectivity index is 2.38. The molecule has 2 aromatic rings. The molecule has 2 atom stereocenters. The Morgan fingerprint density at radius 1 is 1.10 bits per heavy atom. The molecule has 0 bridgehead atoms. The molecule has 2 rings (SSSR count). The van der Waals surface area contributed by atoms with Gasteiger partial charge in [0.15, 0.2) is 5.60 Å². The summed E-state index contributed by atoms with van der Waals surface area (Å²) < 4.78 is 11.8. The highest BCUT2D eigenvalue weighted by molar-refractivity contribution is 6.30. The van der Waals surface area contributed by atoms with Gasteiger partial charge in [0, 0.05) is 18.7 Å². The largest absolute Gasteiger partial charge is 0.480 e. The number of hydrogen-bond acceptors (Lipinski definition) is 3. The van der Waals surface area contributed by atoms with Crippen LogP contribution in [0.15, 0.2) is 54.6 Å². The van der Waals surface area contributed by atoms with Gasteiger partial charge in [-0.3, -0.25) is 0 Å². The SMILES string of the molecule is COC(CN)C(C)(Oc1ccc(Cl)cc1)c1ccccc1. The summed E-state index contributed by atoms with van der Waals surface area (Å²) in [6, 6.07) is 17.2. The minimum atomic E-state index is -0.682. The van der Waals surface area contributed by atoms with Gasteiger partial charge in [-0.05, 0) is 36.8 Å². The zero-order valence-electron chi connectivity index (χ0n) is 12.3. The zero-order chi connectivity index (χ0) is 15.3. The Morgan fingerprint density at radius 2 is 1.71 bits per heavy atom. The highest BCUT2D eigenvalue weighted by Gasteiger charge is 2.38. The molecule has 0 spiro atoms. The molecule has 4 heteroatoms. The second-order valence-electron chi connectivity index (χ2n) is 4.99. The van der Waals surface area contributed by atoms with E-state index in [1.165, 1.54) is 0 Å². The molecule has 2 aromatic carbocycles. The van der Waals surface area contributed by atoms with E-state index in [0.29, 0.717) is 11.6 Å². The lowest BCUT2D eigenvalue weighted by Crippen LogP contribution is -2.47. The van der Waals surface area contributed by atoms with Gasteiger partial charge in [-0.25, -0.2) is 0 Å². The van der Waals surface area contributed by atoms with Crippen LogP contribution in [0.1, 0.15) is 12.5 Å². The van der Waals surface area contributed by atoms with Gasteiger partial charge in [-0.2, -0.15) is 0 Å². The van der Waals surface area contributed by atoms with Gasteiger partial charge < -0.3 is 15.2 Å². The van der Waals surface area contributed by atoms with Gasteiger partial charge >= 0.3 is 0 Å². The van der Waals surface area contributed by atoms with Crippen LogP contribution in [0.25, 0.3) is 0 Å². The number of hydrogen-bond donors (Lipinski definition) is 1. The Bertz CT molecular complexity index is 555. The smallest absolute Gasteiger partial charge is 0.158 e. The lowest BCUT2D eigenvalue weighted by molar-refractivity contribution is -0.0636. The molecule has 0 aliphatic rings. The van der Waals surface area contributed by atoms with E-state index in [4.69, 9.17) is 26.8 Å². The van der Waals surface area contributed by atoms with Crippen LogP contribution in [-0.4, -0.2) is 19.8 Å². The van der Waals surface area contributed by atoms with E-state index < -0.39 is 5.60 Å². The molecule has 0 amide bonds. The van der Waals surface area contributed by atoms with Gasteiger partial charge in [0.1, 0.15) is 11.9 Å². The molecular formula is C17H20ClNO2. The lowest BCUT2D eigenvalue weighted by atomic mass is 9.89. The summed E-state index contributed by atoms with van der Waals surface area (Å²) in [6.07, 6.45) is -0.268. The van der Waals surface area contributed by atoms with Crippen molar-refractivity contribution in [3.05, 3.63) is 65.2 Å². The standard InChI is InChI=1S/C17H20ClNO2/c1-17(16(12-19)20-2,13-6-4-3-5-7-13)21-15-10-8-14(18)9-11-15/h3-11,16H,12,19H2,1-2H3. The molecule has 0 saturated carbocycles. The van der Waals surface area contributed by atoms with E-state index in [-0.39, 0.29) is 6.10 Å². The third-order valence-electron chi connectivity index (χ3n) is 3.60. The fourth-order valence-corrected chi connectivity index (χ4v) is 2.50.